The fourth-order valence-electron chi connectivity index (χ4n) is 1.44. The zero-order valence-electron chi connectivity index (χ0n) is 9.95. The molecule has 3 N–H and O–H groups in total. The predicted octanol–water partition coefficient (Wildman–Crippen LogP) is -0.669. The molecule has 0 spiro atoms. The summed E-state index contributed by atoms with van der Waals surface area (Å²) in [5.74, 6) is -0.0866. The first-order chi connectivity index (χ1) is 8.99. The van der Waals surface area contributed by atoms with Crippen molar-refractivity contribution >= 4 is 29.2 Å². The van der Waals surface area contributed by atoms with E-state index < -0.39 is 10.0 Å². The van der Waals surface area contributed by atoms with E-state index in [0.717, 1.165) is 5.56 Å². The van der Waals surface area contributed by atoms with Gasteiger partial charge in [0.15, 0.2) is 0 Å². The molecule has 0 saturated heterocycles. The van der Waals surface area contributed by atoms with E-state index >= 15 is 0 Å². The van der Waals surface area contributed by atoms with Gasteiger partial charge in [0.2, 0.25) is 10.0 Å². The lowest BCUT2D eigenvalue weighted by molar-refractivity contribution is 0.581. The van der Waals surface area contributed by atoms with Gasteiger partial charge in [-0.05, 0) is 23.8 Å². The summed E-state index contributed by atoms with van der Waals surface area (Å²) < 4.78 is 26.6. The van der Waals surface area contributed by atoms with Crippen LogP contribution in [-0.2, 0) is 16.6 Å². The molecule has 0 unspecified atom stereocenters. The van der Waals surface area contributed by atoms with Gasteiger partial charge >= 0.3 is 0 Å². The molecule has 0 fully saturated rings. The third-order valence-corrected chi connectivity index (χ3v) is 3.84. The highest BCUT2D eigenvalue weighted by Crippen LogP contribution is 2.13. The number of nitrogens with zero attached hydrogens (tertiary/aromatic N) is 2. The molecular formula is C11H11BN4O2S. The van der Waals surface area contributed by atoms with E-state index in [4.69, 9.17) is 13.6 Å². The quantitative estimate of drug-likeness (QED) is 0.721. The Morgan fingerprint density at radius 2 is 2.00 bits per heavy atom. The van der Waals surface area contributed by atoms with Crippen LogP contribution in [0, 0.1) is 0 Å². The molecule has 0 amide bonds. The Hall–Kier alpha value is -1.93. The lowest BCUT2D eigenvalue weighted by Crippen LogP contribution is -2.26. The first kappa shape index (κ1) is 13.5. The molecule has 2 heterocycles. The minimum Gasteiger partial charge on any atom is -0.383 e. The van der Waals surface area contributed by atoms with E-state index in [1.165, 1.54) is 12.3 Å². The lowest BCUT2D eigenvalue weighted by Gasteiger charge is -2.09. The van der Waals surface area contributed by atoms with Crippen molar-refractivity contribution in [1.29, 1.82) is 0 Å². The summed E-state index contributed by atoms with van der Waals surface area (Å²) in [6.07, 6.45) is 4.47. The van der Waals surface area contributed by atoms with Gasteiger partial charge in [0, 0.05) is 25.1 Å². The summed E-state index contributed by atoms with van der Waals surface area (Å²) in [5.41, 5.74) is 6.57. The van der Waals surface area contributed by atoms with Crippen LogP contribution in [0.25, 0.3) is 0 Å². The zero-order chi connectivity index (χ0) is 13.9. The van der Waals surface area contributed by atoms with Crippen LogP contribution in [0.2, 0.25) is 0 Å². The van der Waals surface area contributed by atoms with Crippen molar-refractivity contribution in [1.82, 2.24) is 14.7 Å². The summed E-state index contributed by atoms with van der Waals surface area (Å²) in [5, 5.41) is 0. The molecular weight excluding hydrogens is 263 g/mol. The summed E-state index contributed by atoms with van der Waals surface area (Å²) >= 11 is 0. The van der Waals surface area contributed by atoms with Gasteiger partial charge in [-0.15, -0.1) is 0 Å². The summed E-state index contributed by atoms with van der Waals surface area (Å²) in [7, 11) is 1.76. The number of nitrogen functional groups attached to an aromatic ring is 1. The van der Waals surface area contributed by atoms with Crippen molar-refractivity contribution in [3.8, 4) is 0 Å². The monoisotopic (exact) mass is 274 g/mol. The van der Waals surface area contributed by atoms with Crippen molar-refractivity contribution in [2.45, 2.75) is 11.4 Å². The third kappa shape index (κ3) is 3.30. The normalized spacial score (nSPS) is 11.4. The largest absolute Gasteiger partial charge is 0.383 e. The molecule has 0 atom stereocenters. The molecule has 2 aromatic rings. The van der Waals surface area contributed by atoms with Crippen molar-refractivity contribution in [3.05, 3.63) is 42.4 Å². The Kier molecular flexibility index (Phi) is 3.82. The van der Waals surface area contributed by atoms with Crippen LogP contribution in [0.5, 0.6) is 0 Å². The number of aromatic nitrogens is 2. The van der Waals surface area contributed by atoms with Gasteiger partial charge in [-0.3, -0.25) is 4.98 Å². The minimum absolute atomic E-state index is 0.0866. The summed E-state index contributed by atoms with van der Waals surface area (Å²) in [6.45, 7) is 0.138. The zero-order valence-corrected chi connectivity index (χ0v) is 10.8. The maximum atomic E-state index is 12.1. The Morgan fingerprint density at radius 1 is 1.32 bits per heavy atom. The van der Waals surface area contributed by atoms with Crippen LogP contribution < -0.4 is 15.9 Å². The third-order valence-electron chi connectivity index (χ3n) is 2.41. The molecule has 0 saturated carbocycles. The van der Waals surface area contributed by atoms with Crippen LogP contribution in [-0.4, -0.2) is 26.2 Å². The van der Waals surface area contributed by atoms with Gasteiger partial charge in [0.25, 0.3) is 0 Å². The fraction of sp³-hybridized carbons (Fsp3) is 0.0909. The SMILES string of the molecule is [B]c1cnc(N)c(S(=O)(=O)NCc2ccncc2)c1. The van der Waals surface area contributed by atoms with Gasteiger partial charge in [0.05, 0.1) is 0 Å². The lowest BCUT2D eigenvalue weighted by atomic mass is 9.99. The first-order valence-corrected chi connectivity index (χ1v) is 6.87. The van der Waals surface area contributed by atoms with Crippen LogP contribution in [0.3, 0.4) is 0 Å². The highest BCUT2D eigenvalue weighted by Gasteiger charge is 2.18. The average molecular weight is 274 g/mol. The van der Waals surface area contributed by atoms with E-state index in [1.807, 2.05) is 0 Å². The Labute approximate surface area is 112 Å². The van der Waals surface area contributed by atoms with Gasteiger partial charge in [-0.1, -0.05) is 5.46 Å². The molecule has 2 rings (SSSR count). The van der Waals surface area contributed by atoms with Crippen molar-refractivity contribution in [2.75, 3.05) is 5.73 Å². The van der Waals surface area contributed by atoms with Gasteiger partial charge < -0.3 is 5.73 Å². The topological polar surface area (TPSA) is 98.0 Å². The summed E-state index contributed by atoms with van der Waals surface area (Å²) in [4.78, 5) is 7.45. The van der Waals surface area contributed by atoms with Crippen LogP contribution in [0.4, 0.5) is 5.82 Å². The number of nitrogens with one attached hydrogen (secondary N) is 1. The van der Waals surface area contributed by atoms with Crippen molar-refractivity contribution in [3.63, 3.8) is 0 Å². The van der Waals surface area contributed by atoms with Gasteiger partial charge in [-0.2, -0.15) is 0 Å². The molecule has 19 heavy (non-hydrogen) atoms. The maximum absolute atomic E-state index is 12.1. The standard InChI is InChI=1S/C11H11BN4O2S/c12-9-5-10(11(13)15-7-9)19(17,18)16-6-8-1-3-14-4-2-8/h1-5,7,16H,6H2,(H2,13,15). The molecule has 0 bridgehead atoms. The number of sulfonamides is 1. The second kappa shape index (κ2) is 5.37. The molecule has 2 radical (unpaired) electrons. The van der Waals surface area contributed by atoms with E-state index in [-0.39, 0.29) is 22.7 Å². The predicted molar refractivity (Wildman–Crippen MR) is 72.3 cm³/mol. The van der Waals surface area contributed by atoms with E-state index in [0.29, 0.717) is 0 Å². The number of nitrogens with two attached hydrogens (primary N) is 1. The summed E-state index contributed by atoms with van der Waals surface area (Å²) in [6, 6.07) is 4.70. The molecule has 96 valence electrons. The second-order valence-electron chi connectivity index (χ2n) is 3.83. The van der Waals surface area contributed by atoms with E-state index in [2.05, 4.69) is 14.7 Å². The Bertz CT molecular complexity index is 676. The number of hydrogen-bond donors (Lipinski definition) is 2. The molecule has 6 nitrogen and oxygen atoms in total. The fourth-order valence-corrected chi connectivity index (χ4v) is 2.57. The van der Waals surface area contributed by atoms with E-state index in [9.17, 15) is 8.42 Å². The molecule has 0 aliphatic carbocycles. The average Bonchev–Trinajstić information content (AvgIpc) is 2.40. The van der Waals surface area contributed by atoms with Crippen molar-refractivity contribution in [2.24, 2.45) is 0 Å². The number of anilines is 1. The van der Waals surface area contributed by atoms with Crippen LogP contribution >= 0.6 is 0 Å². The Balaban J connectivity index is 2.21. The molecule has 0 aliphatic heterocycles. The van der Waals surface area contributed by atoms with Crippen LogP contribution in [0.15, 0.2) is 41.7 Å². The second-order valence-corrected chi connectivity index (χ2v) is 5.57. The van der Waals surface area contributed by atoms with Gasteiger partial charge in [-0.25, -0.2) is 18.1 Å². The molecule has 8 heteroatoms. The van der Waals surface area contributed by atoms with Gasteiger partial charge in [0.1, 0.15) is 18.6 Å². The number of hydrogen-bond acceptors (Lipinski definition) is 5. The highest BCUT2D eigenvalue weighted by atomic mass is 32.2. The number of rotatable bonds is 4. The van der Waals surface area contributed by atoms with Crippen molar-refractivity contribution < 1.29 is 8.42 Å². The molecule has 2 aromatic heterocycles. The minimum atomic E-state index is -3.75. The van der Waals surface area contributed by atoms with E-state index in [1.54, 1.807) is 24.5 Å². The number of pyridine rings is 2. The molecule has 0 aromatic carbocycles. The van der Waals surface area contributed by atoms with Crippen LogP contribution in [0.1, 0.15) is 5.56 Å². The highest BCUT2D eigenvalue weighted by molar-refractivity contribution is 7.89. The smallest absolute Gasteiger partial charge is 0.244 e. The first-order valence-electron chi connectivity index (χ1n) is 5.38. The maximum Gasteiger partial charge on any atom is 0.244 e. The molecule has 0 aliphatic rings. The Morgan fingerprint density at radius 3 is 2.68 bits per heavy atom.